The maximum atomic E-state index is 5.24. The van der Waals surface area contributed by atoms with Gasteiger partial charge in [0.2, 0.25) is 0 Å². The molecule has 0 bridgehead atoms. The molecule has 4 nitrogen and oxygen atoms in total. The first-order chi connectivity index (χ1) is 5.45. The normalized spacial score (nSPS) is 24.2. The highest BCUT2D eigenvalue weighted by atomic mass is 16.5. The first kappa shape index (κ1) is 6.79. The molecule has 1 saturated heterocycles. The molecule has 1 aromatic heterocycles. The van der Waals surface area contributed by atoms with Gasteiger partial charge in [-0.15, -0.1) is 0 Å². The van der Waals surface area contributed by atoms with Crippen molar-refractivity contribution in [2.24, 2.45) is 5.92 Å². The summed E-state index contributed by atoms with van der Waals surface area (Å²) in [5.74, 6) is 0.636. The van der Waals surface area contributed by atoms with Gasteiger partial charge < -0.3 is 4.74 Å². The van der Waals surface area contributed by atoms with Crippen molar-refractivity contribution < 1.29 is 4.74 Å². The SMILES string of the molecule is c1ncn(CC2CCOC2)n1. The van der Waals surface area contributed by atoms with Gasteiger partial charge in [-0.05, 0) is 6.42 Å². The number of hydrogen-bond acceptors (Lipinski definition) is 3. The monoisotopic (exact) mass is 153 g/mol. The molecule has 11 heavy (non-hydrogen) atoms. The summed E-state index contributed by atoms with van der Waals surface area (Å²) in [4.78, 5) is 3.88. The largest absolute Gasteiger partial charge is 0.381 e. The van der Waals surface area contributed by atoms with Crippen molar-refractivity contribution in [1.82, 2.24) is 14.8 Å². The summed E-state index contributed by atoms with van der Waals surface area (Å²) in [6.07, 6.45) is 4.47. The Kier molecular flexibility index (Phi) is 1.85. The smallest absolute Gasteiger partial charge is 0.137 e. The van der Waals surface area contributed by atoms with Gasteiger partial charge in [-0.2, -0.15) is 5.10 Å². The molecule has 0 aliphatic carbocycles. The van der Waals surface area contributed by atoms with E-state index in [1.165, 1.54) is 0 Å². The molecular formula is C7H11N3O. The minimum Gasteiger partial charge on any atom is -0.381 e. The van der Waals surface area contributed by atoms with E-state index in [-0.39, 0.29) is 0 Å². The number of rotatable bonds is 2. The maximum absolute atomic E-state index is 5.24. The molecule has 1 fully saturated rings. The fourth-order valence-corrected chi connectivity index (χ4v) is 1.32. The van der Waals surface area contributed by atoms with E-state index in [1.54, 1.807) is 12.7 Å². The predicted octanol–water partition coefficient (Wildman–Crippen LogP) is 0.315. The summed E-state index contributed by atoms with van der Waals surface area (Å²) >= 11 is 0. The minimum absolute atomic E-state index is 0.636. The van der Waals surface area contributed by atoms with E-state index < -0.39 is 0 Å². The second kappa shape index (κ2) is 3.00. The summed E-state index contributed by atoms with van der Waals surface area (Å²) in [6.45, 7) is 2.72. The van der Waals surface area contributed by atoms with Gasteiger partial charge in [-0.25, -0.2) is 4.98 Å². The molecule has 2 rings (SSSR count). The molecule has 1 atom stereocenters. The lowest BCUT2D eigenvalue weighted by Gasteiger charge is -2.05. The Balaban J connectivity index is 1.90. The van der Waals surface area contributed by atoms with Crippen LogP contribution < -0.4 is 0 Å². The lowest BCUT2D eigenvalue weighted by molar-refractivity contribution is 0.181. The predicted molar refractivity (Wildman–Crippen MR) is 38.9 cm³/mol. The van der Waals surface area contributed by atoms with E-state index in [0.29, 0.717) is 5.92 Å². The first-order valence-corrected chi connectivity index (χ1v) is 3.85. The van der Waals surface area contributed by atoms with Crippen molar-refractivity contribution in [2.75, 3.05) is 13.2 Å². The molecule has 60 valence electrons. The van der Waals surface area contributed by atoms with Gasteiger partial charge in [0.25, 0.3) is 0 Å². The minimum atomic E-state index is 0.636. The van der Waals surface area contributed by atoms with Gasteiger partial charge >= 0.3 is 0 Å². The summed E-state index contributed by atoms with van der Waals surface area (Å²) in [7, 11) is 0. The van der Waals surface area contributed by atoms with E-state index in [2.05, 4.69) is 10.1 Å². The molecule has 1 unspecified atom stereocenters. The fourth-order valence-electron chi connectivity index (χ4n) is 1.32. The molecule has 0 aromatic carbocycles. The molecule has 1 aliphatic heterocycles. The summed E-state index contributed by atoms with van der Waals surface area (Å²) in [5.41, 5.74) is 0. The third-order valence-electron chi connectivity index (χ3n) is 1.94. The van der Waals surface area contributed by atoms with Gasteiger partial charge in [0.05, 0.1) is 6.61 Å². The molecule has 2 heterocycles. The van der Waals surface area contributed by atoms with E-state index in [1.807, 2.05) is 4.68 Å². The van der Waals surface area contributed by atoms with Crippen molar-refractivity contribution in [2.45, 2.75) is 13.0 Å². The van der Waals surface area contributed by atoms with E-state index in [0.717, 1.165) is 26.2 Å². The Labute approximate surface area is 65.2 Å². The zero-order chi connectivity index (χ0) is 7.52. The third-order valence-corrected chi connectivity index (χ3v) is 1.94. The van der Waals surface area contributed by atoms with Crippen LogP contribution in [-0.2, 0) is 11.3 Å². The van der Waals surface area contributed by atoms with Gasteiger partial charge in [-0.1, -0.05) is 0 Å². The standard InChI is InChI=1S/C7H11N3O/c1-2-11-4-7(1)3-10-6-8-5-9-10/h5-7H,1-4H2. The average Bonchev–Trinajstić information content (AvgIpc) is 2.60. The lowest BCUT2D eigenvalue weighted by atomic mass is 10.1. The lowest BCUT2D eigenvalue weighted by Crippen LogP contribution is -2.10. The highest BCUT2D eigenvalue weighted by Crippen LogP contribution is 2.13. The molecule has 0 N–H and O–H groups in total. The van der Waals surface area contributed by atoms with Crippen LogP contribution in [0, 0.1) is 5.92 Å². The number of hydrogen-bond donors (Lipinski definition) is 0. The third kappa shape index (κ3) is 1.57. The maximum Gasteiger partial charge on any atom is 0.137 e. The van der Waals surface area contributed by atoms with Crippen LogP contribution in [0.2, 0.25) is 0 Å². The average molecular weight is 153 g/mol. The van der Waals surface area contributed by atoms with Crippen molar-refractivity contribution in [3.8, 4) is 0 Å². The summed E-state index contributed by atoms with van der Waals surface area (Å²) in [5, 5.41) is 4.03. The quantitative estimate of drug-likeness (QED) is 0.614. The van der Waals surface area contributed by atoms with Crippen molar-refractivity contribution in [3.63, 3.8) is 0 Å². The van der Waals surface area contributed by atoms with Crippen LogP contribution in [0.25, 0.3) is 0 Å². The van der Waals surface area contributed by atoms with Crippen molar-refractivity contribution >= 4 is 0 Å². The van der Waals surface area contributed by atoms with Crippen LogP contribution in [0.3, 0.4) is 0 Å². The number of nitrogens with zero attached hydrogens (tertiary/aromatic N) is 3. The van der Waals surface area contributed by atoms with Crippen LogP contribution in [0.4, 0.5) is 0 Å². The number of ether oxygens (including phenoxy) is 1. The Morgan fingerprint density at radius 1 is 1.64 bits per heavy atom. The zero-order valence-corrected chi connectivity index (χ0v) is 6.31. The Morgan fingerprint density at radius 2 is 2.64 bits per heavy atom. The van der Waals surface area contributed by atoms with Gasteiger partial charge in [0.1, 0.15) is 12.7 Å². The van der Waals surface area contributed by atoms with Crippen molar-refractivity contribution in [3.05, 3.63) is 12.7 Å². The molecule has 0 saturated carbocycles. The summed E-state index contributed by atoms with van der Waals surface area (Å²) < 4.78 is 7.10. The topological polar surface area (TPSA) is 39.9 Å². The van der Waals surface area contributed by atoms with Crippen LogP contribution in [0.15, 0.2) is 12.7 Å². The molecular weight excluding hydrogens is 142 g/mol. The van der Waals surface area contributed by atoms with Gasteiger partial charge in [0, 0.05) is 19.1 Å². The Hall–Kier alpha value is -0.900. The Bertz CT molecular complexity index is 203. The Morgan fingerprint density at radius 3 is 3.27 bits per heavy atom. The summed E-state index contributed by atoms with van der Waals surface area (Å²) in [6, 6.07) is 0. The van der Waals surface area contributed by atoms with Crippen LogP contribution in [0.1, 0.15) is 6.42 Å². The molecule has 0 radical (unpaired) electrons. The van der Waals surface area contributed by atoms with Gasteiger partial charge in [0.15, 0.2) is 0 Å². The van der Waals surface area contributed by atoms with Crippen LogP contribution >= 0.6 is 0 Å². The first-order valence-electron chi connectivity index (χ1n) is 3.85. The molecule has 1 aromatic rings. The molecule has 0 spiro atoms. The van der Waals surface area contributed by atoms with E-state index in [9.17, 15) is 0 Å². The fraction of sp³-hybridized carbons (Fsp3) is 0.714. The highest BCUT2D eigenvalue weighted by Gasteiger charge is 2.15. The second-order valence-electron chi connectivity index (χ2n) is 2.85. The highest BCUT2D eigenvalue weighted by molar-refractivity contribution is 4.66. The zero-order valence-electron chi connectivity index (χ0n) is 6.31. The second-order valence-corrected chi connectivity index (χ2v) is 2.85. The number of aromatic nitrogens is 3. The van der Waals surface area contributed by atoms with Gasteiger partial charge in [-0.3, -0.25) is 4.68 Å². The molecule has 1 aliphatic rings. The van der Waals surface area contributed by atoms with Crippen molar-refractivity contribution in [1.29, 1.82) is 0 Å². The molecule has 0 amide bonds. The van der Waals surface area contributed by atoms with Crippen LogP contribution in [0.5, 0.6) is 0 Å². The van der Waals surface area contributed by atoms with E-state index in [4.69, 9.17) is 4.74 Å². The molecule has 4 heteroatoms. The van der Waals surface area contributed by atoms with Crippen LogP contribution in [-0.4, -0.2) is 28.0 Å². The van der Waals surface area contributed by atoms with E-state index >= 15 is 0 Å².